The fraction of sp³-hybridized carbons (Fsp3) is 0.393. The number of thiazole rings is 1. The van der Waals surface area contributed by atoms with E-state index in [4.69, 9.17) is 4.98 Å². The highest BCUT2D eigenvalue weighted by molar-refractivity contribution is 7.16. The molecule has 0 atom stereocenters. The molecule has 1 saturated heterocycles. The fourth-order valence-electron chi connectivity index (χ4n) is 4.63. The zero-order valence-electron chi connectivity index (χ0n) is 20.8. The number of likely N-dealkylation sites (N-methyl/N-ethyl adjacent to an activating group) is 1. The van der Waals surface area contributed by atoms with Crippen LogP contribution in [0.1, 0.15) is 45.6 Å². The Morgan fingerprint density at radius 1 is 1.09 bits per heavy atom. The lowest BCUT2D eigenvalue weighted by Gasteiger charge is -2.25. The van der Waals surface area contributed by atoms with Crippen LogP contribution in [0.3, 0.4) is 0 Å². The topological polar surface area (TPSA) is 65.5 Å². The third-order valence-corrected chi connectivity index (χ3v) is 7.54. The van der Waals surface area contributed by atoms with E-state index < -0.39 is 0 Å². The van der Waals surface area contributed by atoms with Crippen LogP contribution in [0.2, 0.25) is 0 Å². The van der Waals surface area contributed by atoms with Crippen LogP contribution < -0.4 is 10.2 Å². The molecule has 35 heavy (non-hydrogen) atoms. The summed E-state index contributed by atoms with van der Waals surface area (Å²) in [6.45, 7) is 7.60. The average molecular weight is 491 g/mol. The summed E-state index contributed by atoms with van der Waals surface area (Å²) in [7, 11) is 2.13. The predicted octanol–water partition coefficient (Wildman–Crippen LogP) is 5.34. The van der Waals surface area contributed by atoms with Crippen molar-refractivity contribution in [3.05, 3.63) is 64.0 Å². The molecule has 7 heteroatoms. The van der Waals surface area contributed by atoms with Gasteiger partial charge in [-0.3, -0.25) is 14.5 Å². The van der Waals surface area contributed by atoms with E-state index in [0.717, 1.165) is 59.6 Å². The summed E-state index contributed by atoms with van der Waals surface area (Å²) in [5.74, 6) is 0.0442. The first-order valence-electron chi connectivity index (χ1n) is 12.3. The predicted molar refractivity (Wildman–Crippen MR) is 145 cm³/mol. The molecular weight excluding hydrogens is 456 g/mol. The van der Waals surface area contributed by atoms with Crippen molar-refractivity contribution < 1.29 is 9.59 Å². The highest BCUT2D eigenvalue weighted by Crippen LogP contribution is 2.35. The van der Waals surface area contributed by atoms with Gasteiger partial charge in [0.15, 0.2) is 5.13 Å². The van der Waals surface area contributed by atoms with E-state index in [9.17, 15) is 9.59 Å². The highest BCUT2D eigenvalue weighted by Gasteiger charge is 2.19. The average Bonchev–Trinajstić information content (AvgIpc) is 3.41. The van der Waals surface area contributed by atoms with Gasteiger partial charge in [-0.2, -0.15) is 0 Å². The standard InChI is InChI=1S/C20H26N4OS.C8H8O/c1-14-19(16-6-7-17-15(12-16)8-11-23(17)2)22-20(26-14)21-18(25)13-24-9-4-3-5-10-24;1-7-4-2-3-5-8(7)6-9/h6-7,12H,3-5,8-11,13H2,1-2H3,(H,21,22,25);2-6H,1H3. The number of hydrogen-bond donors (Lipinski definition) is 1. The fourth-order valence-corrected chi connectivity index (χ4v) is 5.48. The van der Waals surface area contributed by atoms with E-state index in [0.29, 0.717) is 11.7 Å². The molecule has 0 saturated carbocycles. The lowest BCUT2D eigenvalue weighted by atomic mass is 10.1. The molecule has 2 aliphatic rings. The van der Waals surface area contributed by atoms with Crippen molar-refractivity contribution in [3.63, 3.8) is 0 Å². The van der Waals surface area contributed by atoms with Crippen LogP contribution in [0.4, 0.5) is 10.8 Å². The number of aromatic nitrogens is 1. The van der Waals surface area contributed by atoms with E-state index in [1.165, 1.54) is 30.5 Å². The monoisotopic (exact) mass is 490 g/mol. The summed E-state index contributed by atoms with van der Waals surface area (Å²) in [6.07, 6.45) is 5.63. The maximum absolute atomic E-state index is 12.3. The number of aldehydes is 1. The molecule has 2 aromatic carbocycles. The zero-order chi connectivity index (χ0) is 24.8. The Morgan fingerprint density at radius 3 is 2.57 bits per heavy atom. The summed E-state index contributed by atoms with van der Waals surface area (Å²) < 4.78 is 0. The number of likely N-dealkylation sites (tertiary alicyclic amines) is 1. The van der Waals surface area contributed by atoms with E-state index in [1.807, 2.05) is 31.2 Å². The normalized spacial score (nSPS) is 15.2. The molecule has 0 spiro atoms. The van der Waals surface area contributed by atoms with Gasteiger partial charge in [0.05, 0.1) is 12.2 Å². The Bertz CT molecular complexity index is 1180. The number of rotatable bonds is 5. The van der Waals surface area contributed by atoms with Gasteiger partial charge in [0.2, 0.25) is 5.91 Å². The molecule has 1 amide bonds. The summed E-state index contributed by atoms with van der Waals surface area (Å²) in [5, 5.41) is 3.70. The van der Waals surface area contributed by atoms with Gasteiger partial charge >= 0.3 is 0 Å². The molecule has 1 fully saturated rings. The van der Waals surface area contributed by atoms with E-state index in [2.05, 4.69) is 47.3 Å². The van der Waals surface area contributed by atoms with Crippen molar-refractivity contribution in [2.45, 2.75) is 39.5 Å². The van der Waals surface area contributed by atoms with Crippen molar-refractivity contribution in [2.75, 3.05) is 43.4 Å². The summed E-state index contributed by atoms with van der Waals surface area (Å²) in [4.78, 5) is 32.9. The molecule has 0 unspecified atom stereocenters. The number of fused-ring (bicyclic) bond motifs is 1. The molecule has 0 radical (unpaired) electrons. The second kappa shape index (κ2) is 11.6. The first-order valence-corrected chi connectivity index (χ1v) is 13.1. The molecule has 6 nitrogen and oxygen atoms in total. The number of nitrogens with zero attached hydrogens (tertiary/aromatic N) is 3. The van der Waals surface area contributed by atoms with Crippen molar-refractivity contribution in [3.8, 4) is 11.3 Å². The lowest BCUT2D eigenvalue weighted by Crippen LogP contribution is -2.36. The number of piperidine rings is 1. The molecule has 2 aliphatic heterocycles. The number of amides is 1. The van der Waals surface area contributed by atoms with Crippen LogP contribution in [-0.4, -0.2) is 55.3 Å². The molecule has 3 heterocycles. The first kappa shape index (κ1) is 25.1. The van der Waals surface area contributed by atoms with Crippen LogP contribution in [0, 0.1) is 13.8 Å². The van der Waals surface area contributed by atoms with Crippen LogP contribution in [0.5, 0.6) is 0 Å². The van der Waals surface area contributed by atoms with Crippen molar-refractivity contribution in [1.82, 2.24) is 9.88 Å². The minimum atomic E-state index is 0.0442. The highest BCUT2D eigenvalue weighted by atomic mass is 32.1. The van der Waals surface area contributed by atoms with Gasteiger partial charge in [-0.15, -0.1) is 11.3 Å². The molecule has 0 bridgehead atoms. The maximum atomic E-state index is 12.3. The van der Waals surface area contributed by atoms with Gasteiger partial charge in [0.25, 0.3) is 0 Å². The minimum Gasteiger partial charge on any atom is -0.374 e. The van der Waals surface area contributed by atoms with Crippen LogP contribution in [-0.2, 0) is 11.2 Å². The molecule has 3 aromatic rings. The Morgan fingerprint density at radius 2 is 1.86 bits per heavy atom. The van der Waals surface area contributed by atoms with Crippen molar-refractivity contribution in [2.24, 2.45) is 0 Å². The number of benzene rings is 2. The second-order valence-electron chi connectivity index (χ2n) is 9.30. The molecular formula is C28H34N4O2S. The SMILES string of the molecule is Cc1ccccc1C=O.Cc1sc(NC(=O)CN2CCCCC2)nc1-c1ccc2c(c1)CCN2C. The van der Waals surface area contributed by atoms with Crippen LogP contribution in [0.25, 0.3) is 11.3 Å². The van der Waals surface area contributed by atoms with E-state index in [1.54, 1.807) is 11.3 Å². The Hall–Kier alpha value is -3.03. The number of hydrogen-bond acceptors (Lipinski definition) is 6. The molecule has 1 aromatic heterocycles. The third kappa shape index (κ3) is 6.35. The largest absolute Gasteiger partial charge is 0.374 e. The number of carbonyl (C=O) groups is 2. The van der Waals surface area contributed by atoms with Gasteiger partial charge in [-0.1, -0.05) is 36.8 Å². The third-order valence-electron chi connectivity index (χ3n) is 6.66. The first-order chi connectivity index (χ1) is 16.9. The van der Waals surface area contributed by atoms with Crippen molar-refractivity contribution >= 4 is 34.3 Å². The summed E-state index contributed by atoms with van der Waals surface area (Å²) >= 11 is 1.56. The van der Waals surface area contributed by atoms with Gasteiger partial charge in [-0.05, 0) is 69.5 Å². The Kier molecular flexibility index (Phi) is 8.31. The van der Waals surface area contributed by atoms with Gasteiger partial charge in [-0.25, -0.2) is 4.98 Å². The lowest BCUT2D eigenvalue weighted by molar-refractivity contribution is -0.117. The van der Waals surface area contributed by atoms with Gasteiger partial charge < -0.3 is 10.2 Å². The van der Waals surface area contributed by atoms with Gasteiger partial charge in [0.1, 0.15) is 6.29 Å². The van der Waals surface area contributed by atoms with Gasteiger partial charge in [0, 0.05) is 35.3 Å². The molecule has 5 rings (SSSR count). The quantitative estimate of drug-likeness (QED) is 0.489. The van der Waals surface area contributed by atoms with E-state index in [-0.39, 0.29) is 5.91 Å². The second-order valence-corrected chi connectivity index (χ2v) is 10.5. The van der Waals surface area contributed by atoms with Crippen molar-refractivity contribution in [1.29, 1.82) is 0 Å². The molecule has 184 valence electrons. The maximum Gasteiger partial charge on any atom is 0.240 e. The molecule has 1 N–H and O–H groups in total. The number of nitrogens with one attached hydrogen (secondary N) is 1. The Labute approximate surface area is 212 Å². The number of anilines is 2. The number of aryl methyl sites for hydroxylation is 2. The number of carbonyl (C=O) groups excluding carboxylic acids is 2. The van der Waals surface area contributed by atoms with Crippen LogP contribution in [0.15, 0.2) is 42.5 Å². The summed E-state index contributed by atoms with van der Waals surface area (Å²) in [6, 6.07) is 14.1. The Balaban J connectivity index is 0.000000271. The van der Waals surface area contributed by atoms with Crippen LogP contribution >= 0.6 is 11.3 Å². The summed E-state index contributed by atoms with van der Waals surface area (Å²) in [5.41, 5.74) is 6.64. The molecule has 0 aliphatic carbocycles. The van der Waals surface area contributed by atoms with E-state index >= 15 is 0 Å². The smallest absolute Gasteiger partial charge is 0.240 e. The zero-order valence-corrected chi connectivity index (χ0v) is 21.7. The minimum absolute atomic E-state index is 0.0442.